The summed E-state index contributed by atoms with van der Waals surface area (Å²) < 4.78 is 6.10. The lowest BCUT2D eigenvalue weighted by Gasteiger charge is -2.42. The Morgan fingerprint density at radius 1 is 1.15 bits per heavy atom. The maximum absolute atomic E-state index is 13.1. The fourth-order valence-electron chi connectivity index (χ4n) is 5.08. The highest BCUT2D eigenvalue weighted by Crippen LogP contribution is 2.34. The summed E-state index contributed by atoms with van der Waals surface area (Å²) in [5.41, 5.74) is 6.04. The first-order chi connectivity index (χ1) is 13.1. The Kier molecular flexibility index (Phi) is 4.12. The summed E-state index contributed by atoms with van der Waals surface area (Å²) >= 11 is 0. The van der Waals surface area contributed by atoms with Gasteiger partial charge < -0.3 is 14.6 Å². The zero-order valence-corrected chi connectivity index (χ0v) is 16.1. The fraction of sp³-hybridized carbons (Fsp3) is 0.522. The maximum Gasteiger partial charge on any atom is 0.253 e. The van der Waals surface area contributed by atoms with Gasteiger partial charge in [-0.2, -0.15) is 0 Å². The Balaban J connectivity index is 1.35. The number of carbonyl (C=O) groups is 1. The molecule has 1 spiro atoms. The molecule has 27 heavy (non-hydrogen) atoms. The number of piperidine rings is 1. The van der Waals surface area contributed by atoms with E-state index in [2.05, 4.69) is 30.1 Å². The van der Waals surface area contributed by atoms with Gasteiger partial charge in [0.15, 0.2) is 0 Å². The quantitative estimate of drug-likeness (QED) is 0.763. The number of likely N-dealkylation sites (tertiary alicyclic amines) is 1. The first-order valence-electron chi connectivity index (χ1n) is 10.4. The lowest BCUT2D eigenvalue weighted by molar-refractivity contribution is -0.0522. The number of rotatable bonds is 1. The molecule has 0 saturated carbocycles. The molecule has 1 aromatic heterocycles. The van der Waals surface area contributed by atoms with Gasteiger partial charge in [0.2, 0.25) is 0 Å². The minimum absolute atomic E-state index is 0.137. The second-order valence-corrected chi connectivity index (χ2v) is 8.50. The highest BCUT2D eigenvalue weighted by Gasteiger charge is 2.36. The highest BCUT2D eigenvalue weighted by molar-refractivity contribution is 5.99. The molecular weight excluding hydrogens is 336 g/mol. The van der Waals surface area contributed by atoms with E-state index in [0.29, 0.717) is 0 Å². The van der Waals surface area contributed by atoms with Gasteiger partial charge in [0.05, 0.1) is 12.2 Å². The van der Waals surface area contributed by atoms with Gasteiger partial charge in [0.1, 0.15) is 0 Å². The van der Waals surface area contributed by atoms with E-state index >= 15 is 0 Å². The molecule has 1 amide bonds. The number of benzene rings is 1. The van der Waals surface area contributed by atoms with E-state index in [0.717, 1.165) is 62.9 Å². The van der Waals surface area contributed by atoms with Crippen LogP contribution in [0.2, 0.25) is 0 Å². The summed E-state index contributed by atoms with van der Waals surface area (Å²) in [6.07, 6.45) is 9.95. The number of aryl methyl sites for hydroxylation is 2. The average molecular weight is 364 g/mol. The maximum atomic E-state index is 13.1. The van der Waals surface area contributed by atoms with Crippen molar-refractivity contribution < 1.29 is 9.53 Å². The second-order valence-electron chi connectivity index (χ2n) is 8.50. The van der Waals surface area contributed by atoms with E-state index in [1.165, 1.54) is 35.1 Å². The third kappa shape index (κ3) is 3.00. The molecule has 4 heteroatoms. The molecule has 2 aliphatic heterocycles. The number of hydrogen-bond donors (Lipinski definition) is 1. The molecular formula is C23H28N2O2. The predicted molar refractivity (Wildman–Crippen MR) is 107 cm³/mol. The molecule has 1 fully saturated rings. The zero-order valence-electron chi connectivity index (χ0n) is 16.1. The zero-order chi connectivity index (χ0) is 18.4. The van der Waals surface area contributed by atoms with E-state index < -0.39 is 0 Å². The molecule has 1 saturated heterocycles. The van der Waals surface area contributed by atoms with Crippen LogP contribution < -0.4 is 0 Å². The molecule has 0 atom stereocenters. The van der Waals surface area contributed by atoms with Gasteiger partial charge >= 0.3 is 0 Å². The molecule has 0 radical (unpaired) electrons. The summed E-state index contributed by atoms with van der Waals surface area (Å²) in [5.74, 6) is 0.149. The number of carbonyl (C=O) groups excluding carboxylic acids is 1. The average Bonchev–Trinajstić information content (AvgIpc) is 3.06. The van der Waals surface area contributed by atoms with Crippen LogP contribution in [-0.4, -0.2) is 41.1 Å². The lowest BCUT2D eigenvalue weighted by atomic mass is 9.87. The number of hydrogen-bond acceptors (Lipinski definition) is 2. The summed E-state index contributed by atoms with van der Waals surface area (Å²) in [6, 6.07) is 6.21. The van der Waals surface area contributed by atoms with Crippen LogP contribution in [0.4, 0.5) is 0 Å². The lowest BCUT2D eigenvalue weighted by Crippen LogP contribution is -2.48. The number of fused-ring (bicyclic) bond motifs is 3. The molecule has 1 aromatic carbocycles. The number of H-pyrrole nitrogens is 1. The minimum Gasteiger partial charge on any atom is -0.370 e. The van der Waals surface area contributed by atoms with Gasteiger partial charge in [-0.3, -0.25) is 4.79 Å². The second kappa shape index (κ2) is 6.52. The van der Waals surface area contributed by atoms with Crippen molar-refractivity contribution in [2.75, 3.05) is 19.7 Å². The number of aromatic amines is 1. The Morgan fingerprint density at radius 3 is 2.78 bits per heavy atom. The molecule has 0 bridgehead atoms. The van der Waals surface area contributed by atoms with E-state index in [-0.39, 0.29) is 11.5 Å². The number of ether oxygens (including phenoxy) is 1. The van der Waals surface area contributed by atoms with Crippen LogP contribution in [0.25, 0.3) is 10.9 Å². The SMILES string of the molecule is CC1=CC2(CCN(C(=O)c3ccc4c5c([nH]c4c3)CCCC5)CC2)OCC1. The summed E-state index contributed by atoms with van der Waals surface area (Å²) in [5, 5.41) is 1.30. The Labute approximate surface area is 160 Å². The first kappa shape index (κ1) is 17.1. The number of nitrogens with one attached hydrogen (secondary N) is 1. The Morgan fingerprint density at radius 2 is 1.96 bits per heavy atom. The Hall–Kier alpha value is -2.07. The van der Waals surface area contributed by atoms with Gasteiger partial charge in [-0.05, 0) is 69.6 Å². The molecule has 4 nitrogen and oxygen atoms in total. The van der Waals surface area contributed by atoms with Crippen molar-refractivity contribution >= 4 is 16.8 Å². The van der Waals surface area contributed by atoms with E-state index in [9.17, 15) is 4.79 Å². The third-order valence-electron chi connectivity index (χ3n) is 6.64. The van der Waals surface area contributed by atoms with Crippen molar-refractivity contribution in [2.24, 2.45) is 0 Å². The van der Waals surface area contributed by atoms with Crippen molar-refractivity contribution in [3.63, 3.8) is 0 Å². The summed E-state index contributed by atoms with van der Waals surface area (Å²) in [4.78, 5) is 18.6. The van der Waals surface area contributed by atoms with Crippen LogP contribution >= 0.6 is 0 Å². The molecule has 2 aromatic rings. The van der Waals surface area contributed by atoms with E-state index in [1.54, 1.807) is 0 Å². The van der Waals surface area contributed by atoms with E-state index in [4.69, 9.17) is 4.74 Å². The van der Waals surface area contributed by atoms with E-state index in [1.807, 2.05) is 11.0 Å². The minimum atomic E-state index is -0.137. The summed E-state index contributed by atoms with van der Waals surface area (Å²) in [7, 11) is 0. The number of nitrogens with zero attached hydrogens (tertiary/aromatic N) is 1. The molecule has 142 valence electrons. The van der Waals surface area contributed by atoms with Gasteiger partial charge in [-0.25, -0.2) is 0 Å². The van der Waals surface area contributed by atoms with Gasteiger partial charge in [0, 0.05) is 35.2 Å². The van der Waals surface area contributed by atoms with Crippen LogP contribution in [0.1, 0.15) is 60.6 Å². The van der Waals surface area contributed by atoms with Crippen LogP contribution in [-0.2, 0) is 17.6 Å². The van der Waals surface area contributed by atoms with Gasteiger partial charge in [-0.1, -0.05) is 17.7 Å². The van der Waals surface area contributed by atoms with Crippen LogP contribution in [0.3, 0.4) is 0 Å². The van der Waals surface area contributed by atoms with Crippen molar-refractivity contribution in [2.45, 2.75) is 57.5 Å². The molecule has 3 heterocycles. The third-order valence-corrected chi connectivity index (χ3v) is 6.64. The highest BCUT2D eigenvalue weighted by atomic mass is 16.5. The molecule has 0 unspecified atom stereocenters. The topological polar surface area (TPSA) is 45.3 Å². The van der Waals surface area contributed by atoms with Crippen LogP contribution in [0, 0.1) is 0 Å². The number of amides is 1. The normalized spacial score (nSPS) is 22.0. The molecule has 1 N–H and O–H groups in total. The van der Waals surface area contributed by atoms with Crippen molar-refractivity contribution in [1.82, 2.24) is 9.88 Å². The van der Waals surface area contributed by atoms with Gasteiger partial charge in [-0.15, -0.1) is 0 Å². The standard InChI is InChI=1S/C23H28N2O2/c1-16-8-13-27-23(15-16)9-11-25(12-10-23)22(26)17-6-7-19-18-4-2-3-5-20(18)24-21(19)14-17/h6-7,14-15,24H,2-5,8-13H2,1H3. The fourth-order valence-corrected chi connectivity index (χ4v) is 5.08. The first-order valence-corrected chi connectivity index (χ1v) is 10.4. The smallest absolute Gasteiger partial charge is 0.253 e. The largest absolute Gasteiger partial charge is 0.370 e. The monoisotopic (exact) mass is 364 g/mol. The molecule has 5 rings (SSSR count). The molecule has 1 aliphatic carbocycles. The van der Waals surface area contributed by atoms with Crippen molar-refractivity contribution in [1.29, 1.82) is 0 Å². The Bertz CT molecular complexity index is 916. The van der Waals surface area contributed by atoms with Gasteiger partial charge in [0.25, 0.3) is 5.91 Å². The molecule has 3 aliphatic rings. The van der Waals surface area contributed by atoms with Crippen molar-refractivity contribution in [3.05, 3.63) is 46.7 Å². The summed E-state index contributed by atoms with van der Waals surface area (Å²) in [6.45, 7) is 4.53. The van der Waals surface area contributed by atoms with Crippen LogP contribution in [0.15, 0.2) is 29.8 Å². The van der Waals surface area contributed by atoms with Crippen molar-refractivity contribution in [3.8, 4) is 0 Å². The number of aromatic nitrogens is 1. The predicted octanol–water partition coefficient (Wildman–Crippen LogP) is 4.39. The van der Waals surface area contributed by atoms with Crippen LogP contribution in [0.5, 0.6) is 0 Å².